The third kappa shape index (κ3) is 66.1. The molecule has 0 aliphatic carbocycles. The van der Waals surface area contributed by atoms with Crippen LogP contribution in [0.25, 0.3) is 0 Å². The van der Waals surface area contributed by atoms with Crippen molar-refractivity contribution in [2.75, 3.05) is 13.2 Å². The lowest BCUT2D eigenvalue weighted by Crippen LogP contribution is -2.30. The van der Waals surface area contributed by atoms with Crippen LogP contribution in [-0.4, -0.2) is 37.2 Å². The summed E-state index contributed by atoms with van der Waals surface area (Å²) in [5.74, 6) is -0.902. The Labute approximate surface area is 506 Å². The van der Waals surface area contributed by atoms with Gasteiger partial charge < -0.3 is 14.2 Å². The van der Waals surface area contributed by atoms with Crippen molar-refractivity contribution in [1.82, 2.24) is 0 Å². The van der Waals surface area contributed by atoms with Crippen LogP contribution in [0.4, 0.5) is 0 Å². The van der Waals surface area contributed by atoms with Crippen molar-refractivity contribution >= 4 is 17.9 Å². The number of allylic oxidation sites excluding steroid dienone is 24. The second-order valence-electron chi connectivity index (χ2n) is 22.0. The van der Waals surface area contributed by atoms with Crippen molar-refractivity contribution in [3.63, 3.8) is 0 Å². The summed E-state index contributed by atoms with van der Waals surface area (Å²) in [7, 11) is 0. The maximum atomic E-state index is 12.9. The fourth-order valence-electron chi connectivity index (χ4n) is 9.10. The quantitative estimate of drug-likeness (QED) is 0.0261. The normalized spacial score (nSPS) is 13.1. The lowest BCUT2D eigenvalue weighted by molar-refractivity contribution is -0.167. The Kier molecular flexibility index (Phi) is 64.8. The van der Waals surface area contributed by atoms with E-state index in [1.807, 2.05) is 0 Å². The Bertz CT molecular complexity index is 1780. The maximum absolute atomic E-state index is 12.9. The highest BCUT2D eigenvalue weighted by molar-refractivity contribution is 5.71. The lowest BCUT2D eigenvalue weighted by atomic mass is 10.0. The van der Waals surface area contributed by atoms with E-state index >= 15 is 0 Å². The zero-order chi connectivity index (χ0) is 59.2. The Morgan fingerprint density at radius 3 is 0.744 bits per heavy atom. The number of hydrogen-bond donors (Lipinski definition) is 0. The molecule has 6 heteroatoms. The number of carbonyl (C=O) groups is 3. The minimum absolute atomic E-state index is 0.0837. The van der Waals surface area contributed by atoms with Crippen LogP contribution in [0.3, 0.4) is 0 Å². The molecule has 0 aliphatic rings. The van der Waals surface area contributed by atoms with Gasteiger partial charge in [0.2, 0.25) is 0 Å². The standard InChI is InChI=1S/C76H124O6/c1-4-7-10-13-16-18-20-22-24-26-28-30-32-34-35-36-37-38-39-40-41-43-44-46-48-50-52-54-56-58-60-63-66-69-75(78)81-72-73(71-80-74(77)68-65-62-15-12-9-6-3)82-76(79)70-67-64-61-59-57-55-53-51-49-47-45-42-33-31-29-27-25-23-21-19-17-14-11-8-5-2/h7-8,10-11,16-19,22-25,28-31,34-35,37-38,40-41,44,46,73H,4-6,9,12-15,20-21,26-27,32-33,36,39,42-43,45,47-72H2,1-3H3/b10-7-,11-8-,18-16-,19-17-,24-22-,25-23-,30-28-,31-29-,35-34-,38-37-,41-40-,46-44-. The monoisotopic (exact) mass is 1130 g/mol. The Morgan fingerprint density at radius 2 is 0.476 bits per heavy atom. The summed E-state index contributed by atoms with van der Waals surface area (Å²) in [5, 5.41) is 0. The fraction of sp³-hybridized carbons (Fsp3) is 0.645. The number of unbranched alkanes of at least 4 members (excludes halogenated alkanes) is 25. The number of esters is 3. The Morgan fingerprint density at radius 1 is 0.256 bits per heavy atom. The highest BCUT2D eigenvalue weighted by atomic mass is 16.6. The Hall–Kier alpha value is -4.71. The molecule has 464 valence electrons. The van der Waals surface area contributed by atoms with Crippen LogP contribution in [0, 0.1) is 0 Å². The van der Waals surface area contributed by atoms with Gasteiger partial charge in [0.1, 0.15) is 13.2 Å². The molecule has 0 bridgehead atoms. The van der Waals surface area contributed by atoms with E-state index < -0.39 is 6.10 Å². The lowest BCUT2D eigenvalue weighted by Gasteiger charge is -2.18. The van der Waals surface area contributed by atoms with Crippen LogP contribution < -0.4 is 0 Å². The van der Waals surface area contributed by atoms with Crippen LogP contribution in [0.2, 0.25) is 0 Å². The molecular formula is C76H124O6. The molecule has 0 aromatic heterocycles. The molecule has 0 N–H and O–H groups in total. The predicted molar refractivity (Wildman–Crippen MR) is 357 cm³/mol. The van der Waals surface area contributed by atoms with Crippen molar-refractivity contribution in [1.29, 1.82) is 0 Å². The summed E-state index contributed by atoms with van der Waals surface area (Å²) >= 11 is 0. The summed E-state index contributed by atoms with van der Waals surface area (Å²) < 4.78 is 16.8. The second-order valence-corrected chi connectivity index (χ2v) is 22.0. The van der Waals surface area contributed by atoms with Gasteiger partial charge in [-0.2, -0.15) is 0 Å². The van der Waals surface area contributed by atoms with Gasteiger partial charge in [0.25, 0.3) is 0 Å². The smallest absolute Gasteiger partial charge is 0.306 e. The second kappa shape index (κ2) is 68.8. The van der Waals surface area contributed by atoms with Gasteiger partial charge in [0, 0.05) is 19.3 Å². The van der Waals surface area contributed by atoms with Gasteiger partial charge in [-0.15, -0.1) is 0 Å². The van der Waals surface area contributed by atoms with E-state index in [0.29, 0.717) is 19.3 Å². The molecule has 0 saturated carbocycles. The van der Waals surface area contributed by atoms with Gasteiger partial charge in [0.15, 0.2) is 6.10 Å². The zero-order valence-corrected chi connectivity index (χ0v) is 53.2. The highest BCUT2D eigenvalue weighted by Crippen LogP contribution is 2.16. The SMILES string of the molecule is CC/C=C\C/C=C\C/C=C\C/C=C\C/C=C\C/C=C\C/C=C\C/C=C\CCCCCCCCCCC(=O)OCC(COC(=O)CCCCCCCC)OC(=O)CCCCCCCCCCCCCC/C=C\C/C=C\C/C=C\C/C=C\CC. The predicted octanol–water partition coefficient (Wildman–Crippen LogP) is 23.5. The first-order chi connectivity index (χ1) is 40.5. The molecule has 0 aliphatic heterocycles. The van der Waals surface area contributed by atoms with Gasteiger partial charge in [0.05, 0.1) is 0 Å². The van der Waals surface area contributed by atoms with E-state index in [1.54, 1.807) is 0 Å². The molecule has 0 amide bonds. The first kappa shape index (κ1) is 77.3. The topological polar surface area (TPSA) is 78.9 Å². The molecule has 0 aromatic carbocycles. The minimum atomic E-state index is -0.785. The maximum Gasteiger partial charge on any atom is 0.306 e. The van der Waals surface area contributed by atoms with E-state index in [1.165, 1.54) is 116 Å². The van der Waals surface area contributed by atoms with Gasteiger partial charge in [-0.25, -0.2) is 0 Å². The molecule has 0 aromatic rings. The van der Waals surface area contributed by atoms with Crippen molar-refractivity contribution < 1.29 is 28.6 Å². The molecule has 1 unspecified atom stereocenters. The number of rotatable bonds is 60. The summed E-state index contributed by atoms with van der Waals surface area (Å²) in [6.07, 6.45) is 99.0. The van der Waals surface area contributed by atoms with E-state index in [0.717, 1.165) is 141 Å². The molecule has 0 heterocycles. The minimum Gasteiger partial charge on any atom is -0.462 e. The highest BCUT2D eigenvalue weighted by Gasteiger charge is 2.19. The summed E-state index contributed by atoms with van der Waals surface area (Å²) in [5.41, 5.74) is 0. The van der Waals surface area contributed by atoms with Crippen molar-refractivity contribution in [3.05, 3.63) is 146 Å². The number of carbonyl (C=O) groups excluding carboxylic acids is 3. The first-order valence-corrected chi connectivity index (χ1v) is 33.8. The first-order valence-electron chi connectivity index (χ1n) is 33.8. The van der Waals surface area contributed by atoms with Crippen LogP contribution in [-0.2, 0) is 28.6 Å². The number of ether oxygens (including phenoxy) is 3. The van der Waals surface area contributed by atoms with E-state index in [9.17, 15) is 14.4 Å². The third-order valence-electron chi connectivity index (χ3n) is 14.1. The molecule has 0 spiro atoms. The van der Waals surface area contributed by atoms with Gasteiger partial charge in [-0.1, -0.05) is 301 Å². The largest absolute Gasteiger partial charge is 0.462 e. The molecule has 0 rings (SSSR count). The average molecular weight is 1130 g/mol. The Balaban J connectivity index is 4.11. The fourth-order valence-corrected chi connectivity index (χ4v) is 9.10. The van der Waals surface area contributed by atoms with Gasteiger partial charge >= 0.3 is 17.9 Å². The molecule has 0 radical (unpaired) electrons. The van der Waals surface area contributed by atoms with E-state index in [-0.39, 0.29) is 31.1 Å². The average Bonchev–Trinajstić information content (AvgIpc) is 3.47. The molecule has 1 atom stereocenters. The van der Waals surface area contributed by atoms with E-state index in [4.69, 9.17) is 14.2 Å². The molecule has 0 fully saturated rings. The molecule has 6 nitrogen and oxygen atoms in total. The van der Waals surface area contributed by atoms with Crippen LogP contribution >= 0.6 is 0 Å². The van der Waals surface area contributed by atoms with Crippen molar-refractivity contribution in [3.8, 4) is 0 Å². The molecule has 0 saturated heterocycles. The van der Waals surface area contributed by atoms with E-state index in [2.05, 4.69) is 167 Å². The third-order valence-corrected chi connectivity index (χ3v) is 14.1. The zero-order valence-electron chi connectivity index (χ0n) is 53.2. The molecular weight excluding hydrogens is 1010 g/mol. The van der Waals surface area contributed by atoms with Crippen molar-refractivity contribution in [2.24, 2.45) is 0 Å². The summed E-state index contributed by atoms with van der Waals surface area (Å²) in [6, 6.07) is 0. The summed E-state index contributed by atoms with van der Waals surface area (Å²) in [6.45, 7) is 6.35. The van der Waals surface area contributed by atoms with Crippen LogP contribution in [0.5, 0.6) is 0 Å². The van der Waals surface area contributed by atoms with Crippen LogP contribution in [0.15, 0.2) is 146 Å². The number of hydrogen-bond acceptors (Lipinski definition) is 6. The molecule has 82 heavy (non-hydrogen) atoms. The van der Waals surface area contributed by atoms with Crippen LogP contribution in [0.1, 0.15) is 297 Å². The van der Waals surface area contributed by atoms with Gasteiger partial charge in [-0.05, 0) is 122 Å². The summed E-state index contributed by atoms with van der Waals surface area (Å²) in [4.78, 5) is 38.1. The van der Waals surface area contributed by atoms with Gasteiger partial charge in [-0.3, -0.25) is 14.4 Å². The van der Waals surface area contributed by atoms with Crippen molar-refractivity contribution in [2.45, 2.75) is 303 Å².